The average Bonchev–Trinajstić information content (AvgIpc) is 2.94. The first-order valence-corrected chi connectivity index (χ1v) is 13.7. The van der Waals surface area contributed by atoms with Crippen molar-refractivity contribution in [1.29, 1.82) is 5.26 Å². The highest BCUT2D eigenvalue weighted by Gasteiger charge is 2.16. The zero-order valence-electron chi connectivity index (χ0n) is 23.6. The van der Waals surface area contributed by atoms with Crippen LogP contribution in [0, 0.1) is 18.3 Å². The van der Waals surface area contributed by atoms with E-state index in [9.17, 15) is 10.1 Å². The van der Waals surface area contributed by atoms with E-state index in [4.69, 9.17) is 21.1 Å². The number of carbonyl (C=O) groups excluding carboxylic acids is 1. The Labute approximate surface area is 245 Å². The second kappa shape index (κ2) is 13.8. The fraction of sp³-hybridized carbons (Fsp3) is 0.290. The molecule has 0 saturated heterocycles. The third-order valence-corrected chi connectivity index (χ3v) is 6.52. The molecule has 0 aliphatic carbocycles. The molecule has 212 valence electrons. The number of nitrogens with zero attached hydrogens (tertiary/aromatic N) is 4. The summed E-state index contributed by atoms with van der Waals surface area (Å²) >= 11 is 6.55. The van der Waals surface area contributed by atoms with Crippen molar-refractivity contribution in [2.45, 2.75) is 33.3 Å². The van der Waals surface area contributed by atoms with E-state index in [0.717, 1.165) is 24.2 Å². The molecule has 0 spiro atoms. The quantitative estimate of drug-likeness (QED) is 0.199. The molecule has 0 radical (unpaired) electrons. The highest BCUT2D eigenvalue weighted by Crippen LogP contribution is 2.37. The minimum Gasteiger partial charge on any atom is -0.492 e. The van der Waals surface area contributed by atoms with Gasteiger partial charge in [0.05, 0.1) is 39.8 Å². The summed E-state index contributed by atoms with van der Waals surface area (Å²) in [6, 6.07) is 15.0. The lowest BCUT2D eigenvalue weighted by molar-refractivity contribution is -0.116. The number of carbonyl (C=O) groups is 1. The normalized spacial score (nSPS) is 10.9. The predicted octanol–water partition coefficient (Wildman–Crippen LogP) is 6.46. The number of hydrogen-bond acceptors (Lipinski definition) is 8. The van der Waals surface area contributed by atoms with E-state index < -0.39 is 0 Å². The first-order valence-electron chi connectivity index (χ1n) is 13.3. The summed E-state index contributed by atoms with van der Waals surface area (Å²) in [6.45, 7) is 5.37. The Bertz CT molecular complexity index is 1570. The highest BCUT2D eigenvalue weighted by molar-refractivity contribution is 6.32. The van der Waals surface area contributed by atoms with E-state index in [1.165, 1.54) is 6.20 Å². The molecule has 2 aromatic heterocycles. The lowest BCUT2D eigenvalue weighted by Crippen LogP contribution is -2.17. The molecule has 41 heavy (non-hydrogen) atoms. The number of nitrogens with one attached hydrogen (secondary N) is 2. The van der Waals surface area contributed by atoms with Crippen LogP contribution in [-0.4, -0.2) is 48.0 Å². The molecule has 0 unspecified atom stereocenters. The number of fused-ring (bicyclic) bond motifs is 1. The van der Waals surface area contributed by atoms with Gasteiger partial charge >= 0.3 is 0 Å². The Kier molecular flexibility index (Phi) is 9.95. The van der Waals surface area contributed by atoms with Crippen LogP contribution in [0.3, 0.4) is 0 Å². The number of amides is 1. The molecule has 9 nitrogen and oxygen atoms in total. The molecule has 2 N–H and O–H groups in total. The number of aryl methyl sites for hydroxylation is 1. The second-order valence-corrected chi connectivity index (χ2v) is 10.2. The highest BCUT2D eigenvalue weighted by atomic mass is 35.5. The summed E-state index contributed by atoms with van der Waals surface area (Å²) in [6.07, 6.45) is 4.40. The number of halogens is 1. The lowest BCUT2D eigenvalue weighted by atomic mass is 10.1. The number of pyridine rings is 2. The van der Waals surface area contributed by atoms with E-state index in [1.807, 2.05) is 51.0 Å². The van der Waals surface area contributed by atoms with Gasteiger partial charge in [0, 0.05) is 36.0 Å². The van der Waals surface area contributed by atoms with Gasteiger partial charge in [-0.3, -0.25) is 14.8 Å². The maximum Gasteiger partial charge on any atom is 0.224 e. The Balaban J connectivity index is 1.61. The molecule has 10 heteroatoms. The van der Waals surface area contributed by atoms with Crippen molar-refractivity contribution < 1.29 is 14.3 Å². The van der Waals surface area contributed by atoms with Crippen LogP contribution in [0.25, 0.3) is 10.9 Å². The Morgan fingerprint density at radius 2 is 1.90 bits per heavy atom. The third kappa shape index (κ3) is 7.84. The van der Waals surface area contributed by atoms with Gasteiger partial charge in [-0.15, -0.1) is 0 Å². The van der Waals surface area contributed by atoms with E-state index in [2.05, 4.69) is 26.7 Å². The monoisotopic (exact) mass is 572 g/mol. The van der Waals surface area contributed by atoms with Gasteiger partial charge in [0.1, 0.15) is 24.2 Å². The van der Waals surface area contributed by atoms with E-state index in [0.29, 0.717) is 63.1 Å². The molecule has 2 heterocycles. The van der Waals surface area contributed by atoms with E-state index >= 15 is 0 Å². The number of rotatable bonds is 12. The first kappa shape index (κ1) is 29.6. The summed E-state index contributed by atoms with van der Waals surface area (Å²) in [5.41, 5.74) is 4.53. The van der Waals surface area contributed by atoms with Crippen molar-refractivity contribution in [2.75, 3.05) is 37.9 Å². The molecule has 0 aliphatic heterocycles. The number of aromatic nitrogens is 2. The molecular formula is C31H33ClN6O3. The van der Waals surface area contributed by atoms with E-state index in [1.54, 1.807) is 30.5 Å². The summed E-state index contributed by atoms with van der Waals surface area (Å²) in [5, 5.41) is 17.2. The summed E-state index contributed by atoms with van der Waals surface area (Å²) < 4.78 is 11.7. The van der Waals surface area contributed by atoms with Crippen LogP contribution in [0.15, 0.2) is 54.9 Å². The largest absolute Gasteiger partial charge is 0.492 e. The molecule has 4 rings (SSSR count). The van der Waals surface area contributed by atoms with Crippen LogP contribution in [0.2, 0.25) is 5.02 Å². The van der Waals surface area contributed by atoms with Crippen molar-refractivity contribution in [3.8, 4) is 17.6 Å². The Morgan fingerprint density at radius 3 is 2.59 bits per heavy atom. The summed E-state index contributed by atoms with van der Waals surface area (Å²) in [5.74, 6) is 0.909. The van der Waals surface area contributed by atoms with Crippen LogP contribution >= 0.6 is 11.6 Å². The number of anilines is 3. The molecule has 1 amide bonds. The number of ether oxygens (including phenoxy) is 2. The molecule has 4 aromatic rings. The average molecular weight is 573 g/mol. The van der Waals surface area contributed by atoms with Crippen molar-refractivity contribution in [3.05, 3.63) is 76.7 Å². The zero-order valence-corrected chi connectivity index (χ0v) is 24.4. The van der Waals surface area contributed by atoms with Gasteiger partial charge < -0.3 is 25.0 Å². The van der Waals surface area contributed by atoms with Crippen molar-refractivity contribution >= 4 is 45.5 Å². The standard InChI is InChI=1S/C31H33ClN6O3/c1-5-40-29-15-26-24(14-27(29)37-30(39)7-6-12-38(3)4)31(21(16-33)18-35-26)36-22-10-11-28(25(32)13-22)41-19-23-9-8-20(2)17-34-23/h8-11,13-15,17-18H,5-7,12,19H2,1-4H3,(H,35,36)(H,37,39). The number of benzene rings is 2. The first-order chi connectivity index (χ1) is 19.8. The Hall–Kier alpha value is -4.39. The van der Waals surface area contributed by atoms with Crippen LogP contribution in [0.5, 0.6) is 11.5 Å². The molecule has 0 bridgehead atoms. The molecule has 0 saturated carbocycles. The summed E-state index contributed by atoms with van der Waals surface area (Å²) in [7, 11) is 3.94. The third-order valence-electron chi connectivity index (χ3n) is 6.22. The predicted molar refractivity (Wildman–Crippen MR) is 162 cm³/mol. The molecule has 0 atom stereocenters. The van der Waals surface area contributed by atoms with Crippen molar-refractivity contribution in [2.24, 2.45) is 0 Å². The minimum atomic E-state index is -0.116. The summed E-state index contributed by atoms with van der Waals surface area (Å²) in [4.78, 5) is 23.6. The maximum atomic E-state index is 12.7. The van der Waals surface area contributed by atoms with E-state index in [-0.39, 0.29) is 12.5 Å². The number of nitriles is 1. The van der Waals surface area contributed by atoms with Gasteiger partial charge in [0.25, 0.3) is 0 Å². The van der Waals surface area contributed by atoms with Gasteiger partial charge in [-0.05, 0) is 76.8 Å². The van der Waals surface area contributed by atoms with Crippen molar-refractivity contribution in [1.82, 2.24) is 14.9 Å². The molecule has 0 fully saturated rings. The van der Waals surface area contributed by atoms with Crippen LogP contribution in [0.4, 0.5) is 17.1 Å². The zero-order chi connectivity index (χ0) is 29.4. The van der Waals surface area contributed by atoms with Crippen LogP contribution in [-0.2, 0) is 11.4 Å². The van der Waals surface area contributed by atoms with Gasteiger partial charge in [0.15, 0.2) is 0 Å². The van der Waals surface area contributed by atoms with Gasteiger partial charge in [0.2, 0.25) is 5.91 Å². The number of hydrogen-bond donors (Lipinski definition) is 2. The Morgan fingerprint density at radius 1 is 1.07 bits per heavy atom. The van der Waals surface area contributed by atoms with Crippen LogP contribution < -0.4 is 20.1 Å². The van der Waals surface area contributed by atoms with Gasteiger partial charge in [-0.1, -0.05) is 17.7 Å². The van der Waals surface area contributed by atoms with Crippen molar-refractivity contribution in [3.63, 3.8) is 0 Å². The fourth-order valence-electron chi connectivity index (χ4n) is 4.16. The maximum absolute atomic E-state index is 12.7. The molecular weight excluding hydrogens is 540 g/mol. The lowest BCUT2D eigenvalue weighted by Gasteiger charge is -2.17. The SMILES string of the molecule is CCOc1cc2ncc(C#N)c(Nc3ccc(OCc4ccc(C)cn4)c(Cl)c3)c2cc1NC(=O)CCCN(C)C. The molecule has 2 aromatic carbocycles. The van der Waals surface area contributed by atoms with Crippen LogP contribution in [0.1, 0.15) is 36.6 Å². The molecule has 0 aliphatic rings. The van der Waals surface area contributed by atoms with Gasteiger partial charge in [-0.25, -0.2) is 0 Å². The second-order valence-electron chi connectivity index (χ2n) is 9.80. The fourth-order valence-corrected chi connectivity index (χ4v) is 4.39. The minimum absolute atomic E-state index is 0.116. The smallest absolute Gasteiger partial charge is 0.224 e. The topological polar surface area (TPSA) is 112 Å². The van der Waals surface area contributed by atoms with Gasteiger partial charge in [-0.2, -0.15) is 5.26 Å².